The molecule has 0 aromatic heterocycles. The first-order valence-electron chi connectivity index (χ1n) is 8.64. The Kier molecular flexibility index (Phi) is 5.35. The van der Waals surface area contributed by atoms with Crippen molar-refractivity contribution in [3.63, 3.8) is 0 Å². The van der Waals surface area contributed by atoms with E-state index in [4.69, 9.17) is 0 Å². The van der Waals surface area contributed by atoms with E-state index >= 15 is 0 Å². The van der Waals surface area contributed by atoms with Crippen LogP contribution in [-0.2, 0) is 14.8 Å². The average Bonchev–Trinajstić information content (AvgIpc) is 2.61. The summed E-state index contributed by atoms with van der Waals surface area (Å²) < 4.78 is 28.5. The second-order valence-corrected chi connectivity index (χ2v) is 8.36. The minimum Gasteiger partial charge on any atom is -0.299 e. The average molecular weight is 357 g/mol. The quantitative estimate of drug-likeness (QED) is 0.886. The number of rotatable bonds is 5. The van der Waals surface area contributed by atoms with Gasteiger partial charge in [0.15, 0.2) is 0 Å². The van der Waals surface area contributed by atoms with Crippen molar-refractivity contribution >= 4 is 15.8 Å². The van der Waals surface area contributed by atoms with Crippen LogP contribution >= 0.6 is 0 Å². The van der Waals surface area contributed by atoms with Gasteiger partial charge in [0.1, 0.15) is 5.78 Å². The second-order valence-electron chi connectivity index (χ2n) is 6.64. The zero-order valence-electron chi connectivity index (χ0n) is 14.3. The number of carbonyl (C=O) groups is 1. The summed E-state index contributed by atoms with van der Waals surface area (Å²) in [5.41, 5.74) is 1.83. The fourth-order valence-corrected chi connectivity index (χ4v) is 4.62. The van der Waals surface area contributed by atoms with E-state index in [1.807, 2.05) is 37.3 Å². The Hall–Kier alpha value is -1.98. The van der Waals surface area contributed by atoms with Gasteiger partial charge in [0.25, 0.3) is 0 Å². The smallest absolute Gasteiger partial charge is 0.241 e. The molecule has 0 spiro atoms. The van der Waals surface area contributed by atoms with E-state index in [9.17, 15) is 13.2 Å². The summed E-state index contributed by atoms with van der Waals surface area (Å²) in [4.78, 5) is 12.7. The van der Waals surface area contributed by atoms with Crippen molar-refractivity contribution in [1.82, 2.24) is 4.72 Å². The standard InChI is InChI=1S/C20H23NO3S/c1-15-11-13-17(14-12-15)25(23,24)21-20(16-7-3-2-4-8-16)18-9-5-6-10-19(18)22/h2-4,7-8,11-14,18,20-21H,5-6,9-10H2,1H3/t18-,20+/m1/s1. The molecule has 4 nitrogen and oxygen atoms in total. The molecule has 2 aromatic carbocycles. The molecule has 1 saturated carbocycles. The van der Waals surface area contributed by atoms with Gasteiger partial charge < -0.3 is 0 Å². The van der Waals surface area contributed by atoms with Crippen LogP contribution in [0, 0.1) is 12.8 Å². The van der Waals surface area contributed by atoms with Crippen LogP contribution in [0.25, 0.3) is 0 Å². The molecular formula is C20H23NO3S. The zero-order chi connectivity index (χ0) is 17.9. The topological polar surface area (TPSA) is 63.2 Å². The molecule has 5 heteroatoms. The predicted octanol–water partition coefficient (Wildman–Crippen LogP) is 3.77. The van der Waals surface area contributed by atoms with Crippen LogP contribution in [0.1, 0.15) is 42.9 Å². The summed E-state index contributed by atoms with van der Waals surface area (Å²) in [6.45, 7) is 1.91. The van der Waals surface area contributed by atoms with Crippen molar-refractivity contribution in [2.45, 2.75) is 43.5 Å². The van der Waals surface area contributed by atoms with Gasteiger partial charge >= 0.3 is 0 Å². The van der Waals surface area contributed by atoms with Gasteiger partial charge in [0.05, 0.1) is 10.9 Å². The Morgan fingerprint density at radius 3 is 2.32 bits per heavy atom. The van der Waals surface area contributed by atoms with Gasteiger partial charge in [-0.05, 0) is 37.5 Å². The highest BCUT2D eigenvalue weighted by molar-refractivity contribution is 7.89. The van der Waals surface area contributed by atoms with E-state index < -0.39 is 16.1 Å². The van der Waals surface area contributed by atoms with Gasteiger partial charge in [-0.3, -0.25) is 4.79 Å². The molecule has 132 valence electrons. The maximum atomic E-state index is 12.9. The number of hydrogen-bond acceptors (Lipinski definition) is 3. The Morgan fingerprint density at radius 2 is 1.68 bits per heavy atom. The highest BCUT2D eigenvalue weighted by atomic mass is 32.2. The molecule has 25 heavy (non-hydrogen) atoms. The summed E-state index contributed by atoms with van der Waals surface area (Å²) in [7, 11) is -3.70. The first-order valence-corrected chi connectivity index (χ1v) is 10.1. The van der Waals surface area contributed by atoms with Crippen LogP contribution in [0.5, 0.6) is 0 Å². The van der Waals surface area contributed by atoms with Crippen LogP contribution in [0.15, 0.2) is 59.5 Å². The molecule has 0 heterocycles. The third kappa shape index (κ3) is 4.17. The summed E-state index contributed by atoms with van der Waals surface area (Å²) in [5, 5.41) is 0. The molecule has 0 aliphatic heterocycles. The Labute approximate surface area is 149 Å². The number of ketones is 1. The molecule has 2 aromatic rings. The van der Waals surface area contributed by atoms with Crippen molar-refractivity contribution in [3.8, 4) is 0 Å². The number of benzene rings is 2. The molecule has 0 radical (unpaired) electrons. The Morgan fingerprint density at radius 1 is 1.00 bits per heavy atom. The lowest BCUT2D eigenvalue weighted by atomic mass is 9.80. The van der Waals surface area contributed by atoms with Gasteiger partial charge in [0.2, 0.25) is 10.0 Å². The number of Topliss-reactive ketones (excluding diaryl/α,β-unsaturated/α-hetero) is 1. The van der Waals surface area contributed by atoms with Crippen molar-refractivity contribution in [2.24, 2.45) is 5.92 Å². The first kappa shape index (κ1) is 17.8. The molecule has 1 N–H and O–H groups in total. The summed E-state index contributed by atoms with van der Waals surface area (Å²) >= 11 is 0. The number of sulfonamides is 1. The van der Waals surface area contributed by atoms with Crippen LogP contribution < -0.4 is 4.72 Å². The number of aryl methyl sites for hydroxylation is 1. The van der Waals surface area contributed by atoms with E-state index in [2.05, 4.69) is 4.72 Å². The normalized spacial score (nSPS) is 19.6. The van der Waals surface area contributed by atoms with Crippen molar-refractivity contribution in [2.75, 3.05) is 0 Å². The minimum atomic E-state index is -3.70. The highest BCUT2D eigenvalue weighted by Gasteiger charge is 2.34. The maximum absolute atomic E-state index is 12.9. The molecule has 0 amide bonds. The third-order valence-electron chi connectivity index (χ3n) is 4.78. The lowest BCUT2D eigenvalue weighted by Gasteiger charge is -2.30. The Balaban J connectivity index is 1.94. The third-order valence-corrected chi connectivity index (χ3v) is 6.23. The molecular weight excluding hydrogens is 334 g/mol. The van der Waals surface area contributed by atoms with Crippen molar-refractivity contribution < 1.29 is 13.2 Å². The van der Waals surface area contributed by atoms with Crippen molar-refractivity contribution in [3.05, 3.63) is 65.7 Å². The van der Waals surface area contributed by atoms with Gasteiger partial charge in [-0.2, -0.15) is 0 Å². The predicted molar refractivity (Wildman–Crippen MR) is 97.6 cm³/mol. The van der Waals surface area contributed by atoms with Crippen molar-refractivity contribution in [1.29, 1.82) is 0 Å². The van der Waals surface area contributed by atoms with Crippen LogP contribution in [0.2, 0.25) is 0 Å². The SMILES string of the molecule is Cc1ccc(S(=O)(=O)N[C@@H](c2ccccc2)[C@@H]2CCCCC2=O)cc1. The van der Waals surface area contributed by atoms with Gasteiger partial charge in [-0.1, -0.05) is 54.4 Å². The highest BCUT2D eigenvalue weighted by Crippen LogP contribution is 2.33. The molecule has 3 rings (SSSR count). The fraction of sp³-hybridized carbons (Fsp3) is 0.350. The summed E-state index contributed by atoms with van der Waals surface area (Å²) in [5.74, 6) is -0.164. The molecule has 1 fully saturated rings. The van der Waals surface area contributed by atoms with E-state index in [1.54, 1.807) is 24.3 Å². The van der Waals surface area contributed by atoms with Crippen LogP contribution in [0.3, 0.4) is 0 Å². The van der Waals surface area contributed by atoms with Gasteiger partial charge in [-0.25, -0.2) is 13.1 Å². The lowest BCUT2D eigenvalue weighted by Crippen LogP contribution is -2.38. The minimum absolute atomic E-state index is 0.145. The van der Waals surface area contributed by atoms with Gasteiger partial charge in [0, 0.05) is 12.3 Å². The first-order chi connectivity index (χ1) is 12.0. The van der Waals surface area contributed by atoms with Crippen LogP contribution in [0.4, 0.5) is 0 Å². The fourth-order valence-electron chi connectivity index (χ4n) is 3.36. The van der Waals surface area contributed by atoms with Gasteiger partial charge in [-0.15, -0.1) is 0 Å². The van der Waals surface area contributed by atoms with E-state index in [-0.39, 0.29) is 16.6 Å². The Bertz CT molecular complexity index is 829. The van der Waals surface area contributed by atoms with E-state index in [0.29, 0.717) is 6.42 Å². The second kappa shape index (κ2) is 7.50. The summed E-state index contributed by atoms with van der Waals surface area (Å²) in [6.07, 6.45) is 3.09. The number of hydrogen-bond donors (Lipinski definition) is 1. The summed E-state index contributed by atoms with van der Waals surface area (Å²) in [6, 6.07) is 15.6. The number of nitrogens with one attached hydrogen (secondary N) is 1. The number of carbonyl (C=O) groups excluding carboxylic acids is 1. The molecule has 1 aliphatic rings. The molecule has 0 bridgehead atoms. The largest absolute Gasteiger partial charge is 0.299 e. The van der Waals surface area contributed by atoms with E-state index in [1.165, 1.54) is 0 Å². The molecule has 0 saturated heterocycles. The molecule has 0 unspecified atom stereocenters. The molecule has 1 aliphatic carbocycles. The van der Waals surface area contributed by atoms with E-state index in [0.717, 1.165) is 30.4 Å². The van der Waals surface area contributed by atoms with Crippen LogP contribution in [-0.4, -0.2) is 14.2 Å². The maximum Gasteiger partial charge on any atom is 0.241 e. The zero-order valence-corrected chi connectivity index (χ0v) is 15.1. The lowest BCUT2D eigenvalue weighted by molar-refractivity contribution is -0.125. The monoisotopic (exact) mass is 357 g/mol. The molecule has 2 atom stereocenters.